The van der Waals surface area contributed by atoms with Crippen LogP contribution in [-0.2, 0) is 4.79 Å². The van der Waals surface area contributed by atoms with E-state index in [4.69, 9.17) is 26.7 Å². The van der Waals surface area contributed by atoms with Crippen LogP contribution in [0.3, 0.4) is 0 Å². The van der Waals surface area contributed by atoms with Gasteiger partial charge in [0.1, 0.15) is 34.1 Å². The Morgan fingerprint density at radius 2 is 1.72 bits per heavy atom. The molecule has 0 fully saturated rings. The van der Waals surface area contributed by atoms with Crippen molar-refractivity contribution in [2.24, 2.45) is 15.8 Å². The molecule has 0 saturated heterocycles. The summed E-state index contributed by atoms with van der Waals surface area (Å²) in [7, 11) is 0. The minimum atomic E-state index is -1.12. The molecule has 274 valence electrons. The molecule has 1 aliphatic carbocycles. The van der Waals surface area contributed by atoms with Crippen LogP contribution in [0.1, 0.15) is 38.8 Å². The van der Waals surface area contributed by atoms with Crippen molar-refractivity contribution in [1.29, 1.82) is 0 Å². The average molecular weight is 781 g/mol. The number of fused-ring (bicyclic) bond motifs is 5. The number of hydrogen-bond acceptors (Lipinski definition) is 12. The molecule has 4 heterocycles. The number of halogens is 1. The number of carbonyl (C=O) groups is 2. The van der Waals surface area contributed by atoms with E-state index >= 15 is 0 Å². The van der Waals surface area contributed by atoms with Crippen LogP contribution >= 0.6 is 35.2 Å². The third-order valence-corrected chi connectivity index (χ3v) is 10.4. The summed E-state index contributed by atoms with van der Waals surface area (Å²) in [5.74, 6) is -0.377. The highest BCUT2D eigenvalue weighted by molar-refractivity contribution is 7.80. The lowest BCUT2D eigenvalue weighted by Gasteiger charge is -2.22. The molecule has 3 aromatic carbocycles. The topological polar surface area (TPSA) is 197 Å². The first-order chi connectivity index (χ1) is 25.8. The number of thiocarbonyl (C=S) groups is 1. The van der Waals surface area contributed by atoms with E-state index in [0.717, 1.165) is 27.5 Å². The number of hydrazone groups is 1. The van der Waals surface area contributed by atoms with Gasteiger partial charge >= 0.3 is 5.97 Å². The van der Waals surface area contributed by atoms with Gasteiger partial charge in [0.25, 0.3) is 5.91 Å². The normalized spacial score (nSPS) is 14.2. The van der Waals surface area contributed by atoms with Gasteiger partial charge in [-0.2, -0.15) is 5.10 Å². The highest BCUT2D eigenvalue weighted by atomic mass is 35.5. The number of carboxylic acids is 1. The Hall–Kier alpha value is -6.09. The van der Waals surface area contributed by atoms with E-state index in [1.165, 1.54) is 51.3 Å². The number of nitrogens with one attached hydrogen (secondary N) is 1. The number of nitrogen functional groups attached to an aromatic ring is 1. The lowest BCUT2D eigenvalue weighted by Crippen LogP contribution is -2.41. The van der Waals surface area contributed by atoms with Gasteiger partial charge in [-0.1, -0.05) is 42.0 Å². The van der Waals surface area contributed by atoms with E-state index in [0.29, 0.717) is 45.7 Å². The number of primary amides is 1. The van der Waals surface area contributed by atoms with Crippen molar-refractivity contribution in [3.63, 3.8) is 0 Å². The highest BCUT2D eigenvalue weighted by Crippen LogP contribution is 2.43. The van der Waals surface area contributed by atoms with E-state index < -0.39 is 11.9 Å². The summed E-state index contributed by atoms with van der Waals surface area (Å²) >= 11 is 11.9. The zero-order valence-electron chi connectivity index (χ0n) is 29.1. The number of aromatic carboxylic acids is 1. The first kappa shape index (κ1) is 37.7. The molecule has 0 radical (unpaired) electrons. The van der Waals surface area contributed by atoms with Gasteiger partial charge in [-0.05, 0) is 80.4 Å². The molecule has 1 unspecified atom stereocenters. The number of aryl methyl sites for hydroxylation is 1. The summed E-state index contributed by atoms with van der Waals surface area (Å²) in [6, 6.07) is 21.5. The first-order valence-electron chi connectivity index (χ1n) is 16.3. The molecule has 1 aromatic heterocycles. The molecule has 0 saturated carbocycles. The molecule has 1 atom stereocenters. The first-order valence-corrected chi connectivity index (χ1v) is 18.0. The van der Waals surface area contributed by atoms with Gasteiger partial charge in [0.2, 0.25) is 0 Å². The molecule has 15 heteroatoms. The van der Waals surface area contributed by atoms with Crippen LogP contribution in [0.2, 0.25) is 5.02 Å². The minimum absolute atomic E-state index is 0.000548. The van der Waals surface area contributed by atoms with Crippen molar-refractivity contribution >= 4 is 85.6 Å². The number of phenolic OH excluding ortho intramolecular Hbond substituents is 1. The van der Waals surface area contributed by atoms with Crippen LogP contribution in [-0.4, -0.2) is 51.7 Å². The Kier molecular flexibility index (Phi) is 10.8. The van der Waals surface area contributed by atoms with Crippen molar-refractivity contribution in [3.8, 4) is 28.2 Å². The van der Waals surface area contributed by atoms with Crippen LogP contribution in [0.4, 0.5) is 10.7 Å². The largest absolute Gasteiger partial charge is 0.508 e. The minimum Gasteiger partial charge on any atom is -0.508 e. The number of hydrogen-bond donors (Lipinski definition) is 5. The Bertz CT molecular complexity index is 2550. The van der Waals surface area contributed by atoms with E-state index in [2.05, 4.69) is 47.2 Å². The number of rotatable bonds is 4. The van der Waals surface area contributed by atoms with Crippen LogP contribution < -0.4 is 27.2 Å². The van der Waals surface area contributed by atoms with Crippen LogP contribution in [0.15, 0.2) is 98.2 Å². The highest BCUT2D eigenvalue weighted by Gasteiger charge is 2.34. The second-order valence-electron chi connectivity index (χ2n) is 12.3. The second kappa shape index (κ2) is 15.5. The molecule has 54 heavy (non-hydrogen) atoms. The quantitative estimate of drug-likeness (QED) is 0.0709. The van der Waals surface area contributed by atoms with Gasteiger partial charge in [0, 0.05) is 55.4 Å². The number of nitrogens with zero attached hydrogens (tertiary/aromatic N) is 3. The van der Waals surface area contributed by atoms with Crippen molar-refractivity contribution in [2.45, 2.75) is 26.9 Å². The Balaban J connectivity index is 0.000000165. The lowest BCUT2D eigenvalue weighted by atomic mass is 9.90. The number of amides is 1. The number of amidine groups is 1. The summed E-state index contributed by atoms with van der Waals surface area (Å²) in [5.41, 5.74) is 20.2. The molecule has 0 spiro atoms. The van der Waals surface area contributed by atoms with Crippen molar-refractivity contribution in [1.82, 2.24) is 5.43 Å². The molecule has 7 N–H and O–H groups in total. The zero-order chi connectivity index (χ0) is 38.8. The number of benzene rings is 4. The number of phenols is 1. The third-order valence-electron chi connectivity index (χ3n) is 8.73. The number of aromatic hydroxyl groups is 1. The average Bonchev–Trinajstić information content (AvgIpc) is 3.59. The smallest absolute Gasteiger partial charge is 0.336 e. The fourth-order valence-corrected chi connectivity index (χ4v) is 7.56. The third kappa shape index (κ3) is 7.53. The molecule has 12 nitrogen and oxygen atoms in total. The van der Waals surface area contributed by atoms with Crippen molar-refractivity contribution < 1.29 is 24.2 Å². The molecule has 8 rings (SSSR count). The van der Waals surface area contributed by atoms with Gasteiger partial charge in [-0.3, -0.25) is 24.9 Å². The number of thiophene rings is 1. The summed E-state index contributed by atoms with van der Waals surface area (Å²) < 4.78 is 5.76. The number of nitrogens with two attached hydrogens (primary N) is 2. The maximum absolute atomic E-state index is 11.8. The van der Waals surface area contributed by atoms with Crippen molar-refractivity contribution in [2.75, 3.05) is 17.2 Å². The molecule has 1 amide bonds. The van der Waals surface area contributed by atoms with Crippen molar-refractivity contribution in [3.05, 3.63) is 121 Å². The zero-order valence-corrected chi connectivity index (χ0v) is 31.5. The monoisotopic (exact) mass is 780 g/mol. The maximum atomic E-state index is 11.8. The number of carbonyl (C=O) groups excluding carboxylic acids is 1. The van der Waals surface area contributed by atoms with E-state index in [1.54, 1.807) is 24.3 Å². The van der Waals surface area contributed by atoms with Gasteiger partial charge in [0.05, 0.1) is 23.2 Å². The predicted octanol–water partition coefficient (Wildman–Crippen LogP) is 6.96. The van der Waals surface area contributed by atoms with Crippen LogP contribution in [0.5, 0.6) is 5.75 Å². The molecule has 4 aromatic rings. The standard InChI is InChI=1S/C20H13NO5.C17H17ClN4S.C2H3NOS/c21-10-1-4-13(16(7-10)20(24)25)19-14-5-2-11(22)8-17(14)26-18-9-12(23)3-6-15(18)19;1-9-10(2)23-17-15(9)16(12-4-6-13(18)7-5-12)19-8-14-21-20-11(3)22(14)17;3-2(4)1-5/h1-9,22H,21H2,(H,24,25);4-7,14,21H,8H2,1-3H3;1H,(H2,3,4). The fraction of sp³-hybridized carbons (Fsp3) is 0.128. The Labute approximate surface area is 323 Å². The summed E-state index contributed by atoms with van der Waals surface area (Å²) in [6.45, 7) is 7.04. The van der Waals surface area contributed by atoms with E-state index in [1.807, 2.05) is 42.5 Å². The summed E-state index contributed by atoms with van der Waals surface area (Å²) in [4.78, 5) is 41.4. The number of carboxylic acid groups (broad SMARTS) is 1. The van der Waals surface area contributed by atoms with Gasteiger partial charge in [0.15, 0.2) is 5.43 Å². The molecule has 3 aliphatic heterocycles. The fourth-order valence-electron chi connectivity index (χ4n) is 6.18. The molecule has 0 bridgehead atoms. The Morgan fingerprint density at radius 3 is 2.41 bits per heavy atom. The van der Waals surface area contributed by atoms with Crippen LogP contribution in [0.25, 0.3) is 33.4 Å². The van der Waals surface area contributed by atoms with E-state index in [-0.39, 0.29) is 22.9 Å². The molecular weight excluding hydrogens is 748 g/mol. The Morgan fingerprint density at radius 1 is 1.02 bits per heavy atom. The van der Waals surface area contributed by atoms with E-state index in [9.17, 15) is 24.6 Å². The summed E-state index contributed by atoms with van der Waals surface area (Å²) in [5, 5.41) is 27.2. The predicted molar refractivity (Wildman–Crippen MR) is 219 cm³/mol. The lowest BCUT2D eigenvalue weighted by molar-refractivity contribution is -0.111. The maximum Gasteiger partial charge on any atom is 0.336 e. The van der Waals surface area contributed by atoms with Gasteiger partial charge < -0.3 is 26.1 Å². The molecular formula is C39H33ClN6O6S2. The number of aliphatic imine (C=N–C) groups is 1. The summed E-state index contributed by atoms with van der Waals surface area (Å²) in [6.07, 6.45) is 0.0935. The second-order valence-corrected chi connectivity index (χ2v) is 14.2. The SMILES string of the molecule is CC1=NNC2CN=C(c3ccc(Cl)cc3)c3c(sc(C)c3C)N12.NC(=O)C=S.Nc1ccc(-c2c3ccc(=O)cc-3oc3cc(O)ccc23)c(C(=O)O)c1. The molecule has 4 aliphatic rings. The number of anilines is 2. The van der Waals surface area contributed by atoms with Gasteiger partial charge in [-0.25, -0.2) is 4.79 Å². The van der Waals surface area contributed by atoms with Gasteiger partial charge in [-0.15, -0.1) is 11.3 Å². The van der Waals surface area contributed by atoms with Crippen LogP contribution in [0, 0.1) is 13.8 Å².